The van der Waals surface area contributed by atoms with Gasteiger partial charge in [0.2, 0.25) is 0 Å². The Morgan fingerprint density at radius 1 is 1.07 bits per heavy atom. The number of pyridine rings is 1. The van der Waals surface area contributed by atoms with Gasteiger partial charge in [-0.2, -0.15) is 5.26 Å². The number of carbonyl (C=O) groups is 1. The van der Waals surface area contributed by atoms with Gasteiger partial charge >= 0.3 is 0 Å². The number of nitrogens with one attached hydrogen (secondary N) is 1. The lowest BCUT2D eigenvalue weighted by Gasteiger charge is -2.12. The van der Waals surface area contributed by atoms with Gasteiger partial charge in [-0.15, -0.1) is 0 Å². The Bertz CT molecular complexity index is 1010. The van der Waals surface area contributed by atoms with Crippen LogP contribution in [0.3, 0.4) is 0 Å². The Balaban J connectivity index is 1.73. The number of carbonyl (C=O) groups excluding carboxylic acids is 1. The van der Waals surface area contributed by atoms with Crippen LogP contribution in [0.2, 0.25) is 0 Å². The highest BCUT2D eigenvalue weighted by Gasteiger charge is 2.13. The molecule has 0 bridgehead atoms. The zero-order chi connectivity index (χ0) is 19.9. The molecular weight excluding hydrogens is 368 g/mol. The minimum Gasteiger partial charge on any atom is -0.363 e. The maximum absolute atomic E-state index is 12.7. The first kappa shape index (κ1) is 19.5. The lowest BCUT2D eigenvalue weighted by molar-refractivity contribution is 0.0948. The normalized spacial score (nSPS) is 10.2. The number of aromatic nitrogens is 1. The van der Waals surface area contributed by atoms with Crippen LogP contribution >= 0.6 is 11.8 Å². The molecule has 0 saturated carbocycles. The molecule has 5 nitrogen and oxygen atoms in total. The van der Waals surface area contributed by atoms with Crippen LogP contribution in [-0.4, -0.2) is 25.0 Å². The number of benzene rings is 2. The zero-order valence-electron chi connectivity index (χ0n) is 15.7. The maximum atomic E-state index is 12.7. The van der Waals surface area contributed by atoms with Crippen molar-refractivity contribution in [3.05, 3.63) is 83.6 Å². The van der Waals surface area contributed by atoms with E-state index in [1.807, 2.05) is 67.5 Å². The summed E-state index contributed by atoms with van der Waals surface area (Å²) in [5.41, 5.74) is 2.10. The number of nitrogens with zero attached hydrogens (tertiary/aromatic N) is 3. The number of hydrogen-bond acceptors (Lipinski definition) is 5. The van der Waals surface area contributed by atoms with E-state index in [9.17, 15) is 10.1 Å². The summed E-state index contributed by atoms with van der Waals surface area (Å²) in [5.74, 6) is 0.710. The molecule has 0 aliphatic carbocycles. The molecule has 0 saturated heterocycles. The van der Waals surface area contributed by atoms with Gasteiger partial charge in [-0.1, -0.05) is 42.1 Å². The summed E-state index contributed by atoms with van der Waals surface area (Å²) < 4.78 is 0. The summed E-state index contributed by atoms with van der Waals surface area (Å²) in [6.07, 6.45) is 1.76. The smallest absolute Gasteiger partial charge is 0.252 e. The number of anilines is 1. The van der Waals surface area contributed by atoms with E-state index in [1.54, 1.807) is 18.3 Å². The van der Waals surface area contributed by atoms with Crippen LogP contribution in [0.25, 0.3) is 0 Å². The van der Waals surface area contributed by atoms with Crippen molar-refractivity contribution < 1.29 is 4.79 Å². The van der Waals surface area contributed by atoms with Crippen LogP contribution in [0.15, 0.2) is 76.7 Å². The lowest BCUT2D eigenvalue weighted by Crippen LogP contribution is -2.23. The quantitative estimate of drug-likeness (QED) is 0.688. The van der Waals surface area contributed by atoms with Crippen molar-refractivity contribution >= 4 is 23.5 Å². The Labute approximate surface area is 169 Å². The highest BCUT2D eigenvalue weighted by Crippen LogP contribution is 2.32. The Kier molecular flexibility index (Phi) is 6.30. The molecule has 0 atom stereocenters. The topological polar surface area (TPSA) is 69.0 Å². The largest absolute Gasteiger partial charge is 0.363 e. The lowest BCUT2D eigenvalue weighted by atomic mass is 10.2. The van der Waals surface area contributed by atoms with Gasteiger partial charge in [0.15, 0.2) is 0 Å². The molecule has 0 aliphatic heterocycles. The summed E-state index contributed by atoms with van der Waals surface area (Å²) in [6, 6.07) is 20.8. The van der Waals surface area contributed by atoms with E-state index < -0.39 is 0 Å². The molecule has 140 valence electrons. The minimum absolute atomic E-state index is 0.158. The van der Waals surface area contributed by atoms with E-state index >= 15 is 0 Å². The molecule has 0 spiro atoms. The first-order valence-corrected chi connectivity index (χ1v) is 9.56. The number of hydrogen-bond donors (Lipinski definition) is 1. The summed E-state index contributed by atoms with van der Waals surface area (Å²) in [6.45, 7) is 0.396. The molecule has 0 unspecified atom stereocenters. The molecule has 1 amide bonds. The molecule has 1 heterocycles. The Hall–Kier alpha value is -3.30. The molecule has 6 heteroatoms. The van der Waals surface area contributed by atoms with Crippen molar-refractivity contribution in [1.82, 2.24) is 10.3 Å². The molecule has 3 rings (SSSR count). The molecule has 2 aromatic carbocycles. The van der Waals surface area contributed by atoms with Gasteiger partial charge in [0, 0.05) is 36.6 Å². The van der Waals surface area contributed by atoms with Gasteiger partial charge in [0.05, 0.1) is 11.1 Å². The molecule has 28 heavy (non-hydrogen) atoms. The van der Waals surface area contributed by atoms with Gasteiger partial charge < -0.3 is 10.2 Å². The highest BCUT2D eigenvalue weighted by molar-refractivity contribution is 7.99. The van der Waals surface area contributed by atoms with Gasteiger partial charge in [-0.05, 0) is 35.9 Å². The van der Waals surface area contributed by atoms with E-state index in [1.165, 1.54) is 11.8 Å². The van der Waals surface area contributed by atoms with E-state index in [-0.39, 0.29) is 5.91 Å². The average Bonchev–Trinajstić information content (AvgIpc) is 2.73. The van der Waals surface area contributed by atoms with Crippen LogP contribution < -0.4 is 10.2 Å². The fraction of sp³-hybridized carbons (Fsp3) is 0.136. The van der Waals surface area contributed by atoms with E-state index in [0.717, 1.165) is 21.2 Å². The molecule has 0 aliphatic rings. The number of amides is 1. The second-order valence-electron chi connectivity index (χ2n) is 6.31. The van der Waals surface area contributed by atoms with Crippen LogP contribution in [0, 0.1) is 11.3 Å². The number of nitriles is 1. The second-order valence-corrected chi connectivity index (χ2v) is 7.39. The zero-order valence-corrected chi connectivity index (χ0v) is 16.5. The van der Waals surface area contributed by atoms with Crippen LogP contribution in [-0.2, 0) is 6.54 Å². The third-order valence-corrected chi connectivity index (χ3v) is 5.23. The van der Waals surface area contributed by atoms with Crippen molar-refractivity contribution in [3.63, 3.8) is 0 Å². The van der Waals surface area contributed by atoms with Crippen LogP contribution in [0.5, 0.6) is 0 Å². The molecule has 0 fully saturated rings. The minimum atomic E-state index is -0.158. The highest BCUT2D eigenvalue weighted by atomic mass is 32.2. The van der Waals surface area contributed by atoms with Crippen LogP contribution in [0.1, 0.15) is 21.5 Å². The monoisotopic (exact) mass is 388 g/mol. The fourth-order valence-corrected chi connectivity index (χ4v) is 3.60. The summed E-state index contributed by atoms with van der Waals surface area (Å²) in [7, 11) is 3.87. The molecule has 0 radical (unpaired) electrons. The molecule has 3 aromatic rings. The Morgan fingerprint density at radius 2 is 1.79 bits per heavy atom. The van der Waals surface area contributed by atoms with Crippen molar-refractivity contribution in [2.45, 2.75) is 16.3 Å². The molecule has 1 N–H and O–H groups in total. The van der Waals surface area contributed by atoms with E-state index in [0.29, 0.717) is 17.7 Å². The molecular formula is C22H20N4OS. The number of rotatable bonds is 6. The predicted molar refractivity (Wildman–Crippen MR) is 111 cm³/mol. The van der Waals surface area contributed by atoms with Gasteiger partial charge in [0.1, 0.15) is 11.9 Å². The van der Waals surface area contributed by atoms with Gasteiger partial charge in [-0.25, -0.2) is 4.98 Å². The first-order valence-electron chi connectivity index (χ1n) is 8.75. The average molecular weight is 388 g/mol. The summed E-state index contributed by atoms with van der Waals surface area (Å²) >= 11 is 1.42. The third-order valence-electron chi connectivity index (χ3n) is 4.08. The predicted octanol–water partition coefficient (Wildman–Crippen LogP) is 4.10. The summed E-state index contributed by atoms with van der Waals surface area (Å²) in [5, 5.41) is 12.2. The second kappa shape index (κ2) is 9.07. The van der Waals surface area contributed by atoms with Crippen LogP contribution in [0.4, 0.5) is 5.82 Å². The fourth-order valence-electron chi connectivity index (χ4n) is 2.57. The molecule has 1 aromatic heterocycles. The van der Waals surface area contributed by atoms with Crippen molar-refractivity contribution in [2.24, 2.45) is 0 Å². The first-order chi connectivity index (χ1) is 13.6. The van der Waals surface area contributed by atoms with Gasteiger partial charge in [-0.3, -0.25) is 4.79 Å². The van der Waals surface area contributed by atoms with Crippen molar-refractivity contribution in [3.8, 4) is 6.07 Å². The van der Waals surface area contributed by atoms with Gasteiger partial charge in [0.25, 0.3) is 5.91 Å². The third kappa shape index (κ3) is 4.70. The van der Waals surface area contributed by atoms with E-state index in [4.69, 9.17) is 0 Å². The Morgan fingerprint density at radius 3 is 2.46 bits per heavy atom. The maximum Gasteiger partial charge on any atom is 0.252 e. The standard InChI is InChI=1S/C22H20N4OS/c1-26(2)21-12-11-16(14-24-21)15-25-22(27)18-8-4-6-10-20(18)28-19-9-5-3-7-17(19)13-23/h3-12,14H,15H2,1-2H3,(H,25,27). The summed E-state index contributed by atoms with van der Waals surface area (Å²) in [4.78, 5) is 20.7. The SMILES string of the molecule is CN(C)c1ccc(CNC(=O)c2ccccc2Sc2ccccc2C#N)cn1. The van der Waals surface area contributed by atoms with Crippen molar-refractivity contribution in [1.29, 1.82) is 5.26 Å². The van der Waals surface area contributed by atoms with Crippen molar-refractivity contribution in [2.75, 3.05) is 19.0 Å². The van der Waals surface area contributed by atoms with E-state index in [2.05, 4.69) is 16.4 Å².